The first-order valence-electron chi connectivity index (χ1n) is 8.10. The van der Waals surface area contributed by atoms with Gasteiger partial charge in [-0.05, 0) is 25.7 Å². The van der Waals surface area contributed by atoms with Crippen LogP contribution in [0.3, 0.4) is 0 Å². The standard InChI is InChI=1S/C19H19FN4O2/c1-24(2)17(15-5-3-4-6-16(15)20)19(25)21-11-13-7-9-14(10-8-13)18-22-12-26-23-18/h3-10,12,17H,11H2,1-2H3,(H,21,25). The number of halogens is 1. The van der Waals surface area contributed by atoms with Crippen LogP contribution in [-0.4, -0.2) is 35.0 Å². The van der Waals surface area contributed by atoms with Crippen LogP contribution >= 0.6 is 0 Å². The molecule has 0 spiro atoms. The van der Waals surface area contributed by atoms with Crippen molar-refractivity contribution in [2.75, 3.05) is 14.1 Å². The third-order valence-corrected chi connectivity index (χ3v) is 4.00. The molecule has 0 fully saturated rings. The van der Waals surface area contributed by atoms with Gasteiger partial charge in [0.2, 0.25) is 18.1 Å². The minimum atomic E-state index is -0.699. The van der Waals surface area contributed by atoms with Crippen molar-refractivity contribution in [2.45, 2.75) is 12.6 Å². The lowest BCUT2D eigenvalue weighted by atomic mass is 10.0. The Balaban J connectivity index is 1.68. The minimum absolute atomic E-state index is 0.262. The molecular weight excluding hydrogens is 335 g/mol. The van der Waals surface area contributed by atoms with E-state index in [0.717, 1.165) is 11.1 Å². The van der Waals surface area contributed by atoms with Gasteiger partial charge in [-0.1, -0.05) is 47.6 Å². The smallest absolute Gasteiger partial charge is 0.242 e. The van der Waals surface area contributed by atoms with Gasteiger partial charge in [0.15, 0.2) is 0 Å². The van der Waals surface area contributed by atoms with Crippen LogP contribution in [0.1, 0.15) is 17.2 Å². The molecule has 1 atom stereocenters. The Hall–Kier alpha value is -3.06. The summed E-state index contributed by atoms with van der Waals surface area (Å²) < 4.78 is 18.8. The molecule has 6 nitrogen and oxygen atoms in total. The highest BCUT2D eigenvalue weighted by atomic mass is 19.1. The summed E-state index contributed by atoms with van der Waals surface area (Å²) in [5.74, 6) is -0.152. The van der Waals surface area contributed by atoms with Gasteiger partial charge in [0, 0.05) is 17.7 Å². The molecular formula is C19H19FN4O2. The first-order valence-corrected chi connectivity index (χ1v) is 8.10. The van der Waals surface area contributed by atoms with Gasteiger partial charge in [0.25, 0.3) is 0 Å². The van der Waals surface area contributed by atoms with Crippen molar-refractivity contribution >= 4 is 5.91 Å². The van der Waals surface area contributed by atoms with E-state index in [1.165, 1.54) is 12.5 Å². The van der Waals surface area contributed by atoms with Crippen LogP contribution in [-0.2, 0) is 11.3 Å². The molecule has 26 heavy (non-hydrogen) atoms. The molecule has 1 unspecified atom stereocenters. The summed E-state index contributed by atoms with van der Waals surface area (Å²) in [5, 5.41) is 6.64. The van der Waals surface area contributed by atoms with Crippen LogP contribution in [0.15, 0.2) is 59.4 Å². The van der Waals surface area contributed by atoms with Crippen LogP contribution in [0.5, 0.6) is 0 Å². The second-order valence-corrected chi connectivity index (χ2v) is 6.06. The second kappa shape index (κ2) is 7.88. The zero-order chi connectivity index (χ0) is 18.5. The van der Waals surface area contributed by atoms with Crippen LogP contribution in [0.25, 0.3) is 11.4 Å². The van der Waals surface area contributed by atoms with Gasteiger partial charge < -0.3 is 9.84 Å². The molecule has 3 rings (SSSR count). The topological polar surface area (TPSA) is 71.3 Å². The molecule has 0 bridgehead atoms. The van der Waals surface area contributed by atoms with Crippen molar-refractivity contribution < 1.29 is 13.7 Å². The number of benzene rings is 2. The Kier molecular flexibility index (Phi) is 5.38. The number of aromatic nitrogens is 2. The molecule has 0 saturated carbocycles. The molecule has 1 N–H and O–H groups in total. The van der Waals surface area contributed by atoms with Crippen molar-refractivity contribution in [3.8, 4) is 11.4 Å². The molecule has 1 heterocycles. The summed E-state index contributed by atoms with van der Waals surface area (Å²) in [4.78, 5) is 18.3. The number of carbonyl (C=O) groups excluding carboxylic acids is 1. The SMILES string of the molecule is CN(C)C(C(=O)NCc1ccc(-c2ncon2)cc1)c1ccccc1F. The van der Waals surface area contributed by atoms with Gasteiger partial charge in [0.1, 0.15) is 11.9 Å². The van der Waals surface area contributed by atoms with Gasteiger partial charge >= 0.3 is 0 Å². The quantitative estimate of drug-likeness (QED) is 0.737. The molecule has 1 aromatic heterocycles. The van der Waals surface area contributed by atoms with E-state index in [1.807, 2.05) is 24.3 Å². The number of likely N-dealkylation sites (N-methyl/N-ethyl adjacent to an activating group) is 1. The lowest BCUT2D eigenvalue weighted by Gasteiger charge is -2.24. The molecule has 0 aliphatic heterocycles. The highest BCUT2D eigenvalue weighted by Gasteiger charge is 2.25. The lowest BCUT2D eigenvalue weighted by molar-refractivity contribution is -0.126. The highest BCUT2D eigenvalue weighted by molar-refractivity contribution is 5.83. The molecule has 0 radical (unpaired) electrons. The third-order valence-electron chi connectivity index (χ3n) is 4.00. The third kappa shape index (κ3) is 3.94. The maximum absolute atomic E-state index is 14.1. The Morgan fingerprint density at radius 2 is 1.92 bits per heavy atom. The van der Waals surface area contributed by atoms with Gasteiger partial charge in [-0.15, -0.1) is 0 Å². The maximum atomic E-state index is 14.1. The number of hydrogen-bond acceptors (Lipinski definition) is 5. The predicted molar refractivity (Wildman–Crippen MR) is 94.4 cm³/mol. The molecule has 7 heteroatoms. The van der Waals surface area contributed by atoms with Crippen LogP contribution in [0, 0.1) is 5.82 Å². The predicted octanol–water partition coefficient (Wildman–Crippen LogP) is 2.79. The van der Waals surface area contributed by atoms with Crippen LogP contribution in [0.2, 0.25) is 0 Å². The molecule has 3 aromatic rings. The van der Waals surface area contributed by atoms with Crippen molar-refractivity contribution in [2.24, 2.45) is 0 Å². The average molecular weight is 354 g/mol. The number of nitrogens with one attached hydrogen (secondary N) is 1. The number of rotatable bonds is 6. The molecule has 134 valence electrons. The van der Waals surface area contributed by atoms with Crippen molar-refractivity contribution in [3.05, 3.63) is 71.9 Å². The van der Waals surface area contributed by atoms with E-state index in [0.29, 0.717) is 17.9 Å². The second-order valence-electron chi connectivity index (χ2n) is 6.06. The lowest BCUT2D eigenvalue weighted by Crippen LogP contribution is -2.37. The molecule has 0 saturated heterocycles. The highest BCUT2D eigenvalue weighted by Crippen LogP contribution is 2.22. The summed E-state index contributed by atoms with van der Waals surface area (Å²) in [5.41, 5.74) is 2.09. The van der Waals surface area contributed by atoms with E-state index in [9.17, 15) is 9.18 Å². The van der Waals surface area contributed by atoms with Crippen molar-refractivity contribution in [1.82, 2.24) is 20.4 Å². The number of hydrogen-bond donors (Lipinski definition) is 1. The fraction of sp³-hybridized carbons (Fsp3) is 0.211. The van der Waals surface area contributed by atoms with E-state index < -0.39 is 11.9 Å². The van der Waals surface area contributed by atoms with E-state index >= 15 is 0 Å². The molecule has 2 aromatic carbocycles. The summed E-state index contributed by atoms with van der Waals surface area (Å²) in [7, 11) is 3.49. The van der Waals surface area contributed by atoms with Crippen LogP contribution < -0.4 is 5.32 Å². The van der Waals surface area contributed by atoms with E-state index in [1.54, 1.807) is 37.2 Å². The number of carbonyl (C=O) groups is 1. The van der Waals surface area contributed by atoms with Crippen LogP contribution in [0.4, 0.5) is 4.39 Å². The Morgan fingerprint density at radius 3 is 2.54 bits per heavy atom. The fourth-order valence-corrected chi connectivity index (χ4v) is 2.71. The van der Waals surface area contributed by atoms with E-state index in [2.05, 4.69) is 15.5 Å². The average Bonchev–Trinajstić information content (AvgIpc) is 3.17. The van der Waals surface area contributed by atoms with E-state index in [4.69, 9.17) is 4.52 Å². The normalized spacial score (nSPS) is 12.2. The Labute approximate surface area is 150 Å². The molecule has 1 amide bonds. The van der Waals surface area contributed by atoms with Crippen molar-refractivity contribution in [3.63, 3.8) is 0 Å². The number of amides is 1. The number of nitrogens with zero attached hydrogens (tertiary/aromatic N) is 3. The monoisotopic (exact) mass is 354 g/mol. The zero-order valence-corrected chi connectivity index (χ0v) is 14.5. The first-order chi connectivity index (χ1) is 12.6. The van der Waals surface area contributed by atoms with Crippen molar-refractivity contribution in [1.29, 1.82) is 0 Å². The Bertz CT molecular complexity index is 864. The molecule has 0 aliphatic rings. The zero-order valence-electron chi connectivity index (χ0n) is 14.5. The molecule has 0 aliphatic carbocycles. The maximum Gasteiger partial charge on any atom is 0.242 e. The summed E-state index contributed by atoms with van der Waals surface area (Å²) in [6, 6.07) is 13.1. The Morgan fingerprint density at radius 1 is 1.19 bits per heavy atom. The van der Waals surface area contributed by atoms with Gasteiger partial charge in [-0.25, -0.2) is 4.39 Å². The van der Waals surface area contributed by atoms with Gasteiger partial charge in [-0.3, -0.25) is 9.69 Å². The summed E-state index contributed by atoms with van der Waals surface area (Å²) in [6.07, 6.45) is 1.27. The van der Waals surface area contributed by atoms with E-state index in [-0.39, 0.29) is 5.91 Å². The summed E-state index contributed by atoms with van der Waals surface area (Å²) in [6.45, 7) is 0.337. The van der Waals surface area contributed by atoms with Gasteiger partial charge in [0.05, 0.1) is 0 Å². The largest absolute Gasteiger partial charge is 0.350 e. The minimum Gasteiger partial charge on any atom is -0.350 e. The fourth-order valence-electron chi connectivity index (χ4n) is 2.71. The summed E-state index contributed by atoms with van der Waals surface area (Å²) >= 11 is 0. The first kappa shape index (κ1) is 17.8. The van der Waals surface area contributed by atoms with Gasteiger partial charge in [-0.2, -0.15) is 4.98 Å².